The summed E-state index contributed by atoms with van der Waals surface area (Å²) in [6.07, 6.45) is 1.70. The minimum absolute atomic E-state index is 0.00101. The van der Waals surface area contributed by atoms with E-state index in [0.29, 0.717) is 16.7 Å². The van der Waals surface area contributed by atoms with Gasteiger partial charge in [0, 0.05) is 25.3 Å². The van der Waals surface area contributed by atoms with Gasteiger partial charge in [-0.15, -0.1) is 0 Å². The highest BCUT2D eigenvalue weighted by molar-refractivity contribution is 7.71. The lowest BCUT2D eigenvalue weighted by Gasteiger charge is -2.33. The predicted molar refractivity (Wildman–Crippen MR) is 94.0 cm³/mol. The summed E-state index contributed by atoms with van der Waals surface area (Å²) in [4.78, 5) is 15.2. The van der Waals surface area contributed by atoms with Gasteiger partial charge < -0.3 is 15.4 Å². The molecule has 0 fully saturated rings. The van der Waals surface area contributed by atoms with Crippen LogP contribution in [0.15, 0.2) is 48.7 Å². The fraction of sp³-hybridized carbons (Fsp3) is 0.333. The van der Waals surface area contributed by atoms with Crippen molar-refractivity contribution in [3.8, 4) is 0 Å². The van der Waals surface area contributed by atoms with E-state index in [-0.39, 0.29) is 23.8 Å². The maximum Gasteiger partial charge on any atom is 0.254 e. The average molecular weight is 330 g/mol. The molecule has 0 aliphatic carbocycles. The van der Waals surface area contributed by atoms with Gasteiger partial charge in [0.1, 0.15) is 4.64 Å². The summed E-state index contributed by atoms with van der Waals surface area (Å²) in [5.41, 5.74) is 1.19. The maximum absolute atomic E-state index is 12.4. The van der Waals surface area contributed by atoms with E-state index in [1.807, 2.05) is 44.2 Å². The van der Waals surface area contributed by atoms with Gasteiger partial charge in [0.25, 0.3) is 5.91 Å². The van der Waals surface area contributed by atoms with E-state index < -0.39 is 0 Å². The smallest absolute Gasteiger partial charge is 0.254 e. The van der Waals surface area contributed by atoms with Crippen molar-refractivity contribution in [2.75, 3.05) is 13.2 Å². The number of hydrogen-bond acceptors (Lipinski definition) is 3. The second kappa shape index (κ2) is 7.53. The van der Waals surface area contributed by atoms with E-state index in [1.54, 1.807) is 18.3 Å². The summed E-state index contributed by atoms with van der Waals surface area (Å²) in [6, 6.07) is 13.4. The lowest BCUT2D eigenvalue weighted by Crippen LogP contribution is -2.37. The van der Waals surface area contributed by atoms with Crippen LogP contribution in [0.3, 0.4) is 0 Å². The van der Waals surface area contributed by atoms with Gasteiger partial charge in [-0.2, -0.15) is 0 Å². The van der Waals surface area contributed by atoms with Crippen LogP contribution < -0.4 is 5.32 Å². The van der Waals surface area contributed by atoms with Gasteiger partial charge in [0.05, 0.1) is 5.56 Å². The number of carbonyl (C=O) groups excluding carboxylic acids is 1. The summed E-state index contributed by atoms with van der Waals surface area (Å²) in [5, 5.41) is 12.7. The summed E-state index contributed by atoms with van der Waals surface area (Å²) in [6.45, 7) is 4.45. The first-order valence-corrected chi connectivity index (χ1v) is 7.98. The molecule has 0 aliphatic rings. The average Bonchev–Trinajstić information content (AvgIpc) is 2.56. The topological polar surface area (TPSA) is 65.1 Å². The third-order valence-electron chi connectivity index (χ3n) is 4.08. The monoisotopic (exact) mass is 330 g/mol. The number of amides is 1. The highest BCUT2D eigenvalue weighted by Gasteiger charge is 2.30. The molecular formula is C18H22N2O2S. The van der Waals surface area contributed by atoms with Crippen molar-refractivity contribution in [3.05, 3.63) is 64.4 Å². The van der Waals surface area contributed by atoms with Crippen LogP contribution in [0, 0.1) is 10.1 Å². The Balaban J connectivity index is 2.18. The maximum atomic E-state index is 12.4. The van der Waals surface area contributed by atoms with Crippen LogP contribution in [0.4, 0.5) is 0 Å². The van der Waals surface area contributed by atoms with Crippen LogP contribution in [-0.2, 0) is 0 Å². The minimum atomic E-state index is -0.353. The number of aromatic nitrogens is 1. The van der Waals surface area contributed by atoms with E-state index in [2.05, 4.69) is 10.3 Å². The molecule has 1 amide bonds. The molecular weight excluding hydrogens is 308 g/mol. The van der Waals surface area contributed by atoms with E-state index in [0.717, 1.165) is 5.56 Å². The van der Waals surface area contributed by atoms with Crippen LogP contribution in [0.2, 0.25) is 0 Å². The van der Waals surface area contributed by atoms with Crippen molar-refractivity contribution >= 4 is 18.1 Å². The molecule has 23 heavy (non-hydrogen) atoms. The lowest BCUT2D eigenvalue weighted by atomic mass is 9.75. The van der Waals surface area contributed by atoms with E-state index in [1.165, 1.54) is 0 Å². The van der Waals surface area contributed by atoms with Crippen molar-refractivity contribution in [2.24, 2.45) is 5.41 Å². The number of aromatic amines is 1. The van der Waals surface area contributed by atoms with Crippen LogP contribution >= 0.6 is 12.2 Å². The Morgan fingerprint density at radius 1 is 1.26 bits per heavy atom. The zero-order valence-corrected chi connectivity index (χ0v) is 14.2. The molecule has 2 aromatic rings. The second-order valence-electron chi connectivity index (χ2n) is 6.23. The number of hydrogen-bond donors (Lipinski definition) is 3. The standard InChI is InChI=1S/C18H22N2O2S/c1-18(2,12-21)15(13-7-4-3-5-8-13)11-20-16(22)14-9-6-10-19-17(14)23/h3-10,15,21H,11-12H2,1-2H3,(H,19,23)(H,20,22). The highest BCUT2D eigenvalue weighted by atomic mass is 32.1. The van der Waals surface area contributed by atoms with Gasteiger partial charge in [-0.3, -0.25) is 4.79 Å². The molecule has 122 valence electrons. The lowest BCUT2D eigenvalue weighted by molar-refractivity contribution is 0.0919. The van der Waals surface area contributed by atoms with Crippen LogP contribution in [0.1, 0.15) is 35.7 Å². The molecule has 0 bridgehead atoms. The summed E-state index contributed by atoms with van der Waals surface area (Å²) in [5.74, 6) is -0.208. The summed E-state index contributed by atoms with van der Waals surface area (Å²) >= 11 is 5.14. The van der Waals surface area contributed by atoms with Gasteiger partial charge in [0.15, 0.2) is 0 Å². The SMILES string of the molecule is CC(C)(CO)C(CNC(=O)c1ccc[nH]c1=S)c1ccccc1. The molecule has 1 aromatic carbocycles. The number of nitrogens with one attached hydrogen (secondary N) is 2. The van der Waals surface area contributed by atoms with Crippen LogP contribution in [0.5, 0.6) is 0 Å². The highest BCUT2D eigenvalue weighted by Crippen LogP contribution is 2.34. The van der Waals surface area contributed by atoms with Crippen molar-refractivity contribution in [3.63, 3.8) is 0 Å². The number of aliphatic hydroxyl groups excluding tert-OH is 1. The van der Waals surface area contributed by atoms with E-state index in [9.17, 15) is 9.90 Å². The molecule has 5 heteroatoms. The first kappa shape index (κ1) is 17.4. The van der Waals surface area contributed by atoms with Crippen LogP contribution in [0.25, 0.3) is 0 Å². The molecule has 0 saturated carbocycles. The van der Waals surface area contributed by atoms with E-state index >= 15 is 0 Å². The predicted octanol–water partition coefficient (Wildman–Crippen LogP) is 3.28. The summed E-state index contributed by atoms with van der Waals surface area (Å²) in [7, 11) is 0. The first-order valence-electron chi connectivity index (χ1n) is 7.57. The van der Waals surface area contributed by atoms with Gasteiger partial charge >= 0.3 is 0 Å². The number of aliphatic hydroxyl groups is 1. The zero-order valence-electron chi connectivity index (χ0n) is 13.4. The normalized spacial score (nSPS) is 12.7. The molecule has 3 N–H and O–H groups in total. The zero-order chi connectivity index (χ0) is 16.9. The van der Waals surface area contributed by atoms with Crippen molar-refractivity contribution in [1.82, 2.24) is 10.3 Å². The fourth-order valence-electron chi connectivity index (χ4n) is 2.53. The van der Waals surface area contributed by atoms with Crippen molar-refractivity contribution in [1.29, 1.82) is 0 Å². The molecule has 0 aliphatic heterocycles. The number of H-pyrrole nitrogens is 1. The molecule has 1 aromatic heterocycles. The Bertz CT molecular complexity index is 710. The molecule has 1 heterocycles. The Kier molecular flexibility index (Phi) is 5.69. The van der Waals surface area contributed by atoms with Gasteiger partial charge in [-0.25, -0.2) is 0 Å². The second-order valence-corrected chi connectivity index (χ2v) is 6.64. The minimum Gasteiger partial charge on any atom is -0.396 e. The number of pyridine rings is 1. The Morgan fingerprint density at radius 3 is 2.57 bits per heavy atom. The Labute approximate surface area is 141 Å². The van der Waals surface area contributed by atoms with Crippen molar-refractivity contribution in [2.45, 2.75) is 19.8 Å². The largest absolute Gasteiger partial charge is 0.396 e. The van der Waals surface area contributed by atoms with Crippen molar-refractivity contribution < 1.29 is 9.90 Å². The molecule has 0 radical (unpaired) electrons. The molecule has 0 saturated heterocycles. The fourth-order valence-corrected chi connectivity index (χ4v) is 2.76. The molecule has 1 atom stereocenters. The van der Waals surface area contributed by atoms with Gasteiger partial charge in [0.2, 0.25) is 0 Å². The van der Waals surface area contributed by atoms with E-state index in [4.69, 9.17) is 12.2 Å². The third-order valence-corrected chi connectivity index (χ3v) is 4.42. The quantitative estimate of drug-likeness (QED) is 0.712. The van der Waals surface area contributed by atoms with Gasteiger partial charge in [-0.1, -0.05) is 56.4 Å². The number of carbonyl (C=O) groups is 1. The molecule has 4 nitrogen and oxygen atoms in total. The molecule has 1 unspecified atom stereocenters. The number of benzene rings is 1. The Morgan fingerprint density at radius 2 is 1.96 bits per heavy atom. The number of rotatable bonds is 6. The first-order chi connectivity index (χ1) is 11.0. The Hall–Kier alpha value is -1.98. The third kappa shape index (κ3) is 4.27. The van der Waals surface area contributed by atoms with Gasteiger partial charge in [-0.05, 0) is 23.1 Å². The van der Waals surface area contributed by atoms with Crippen LogP contribution in [-0.4, -0.2) is 29.1 Å². The summed E-state index contributed by atoms with van der Waals surface area (Å²) < 4.78 is 0.419. The molecule has 0 spiro atoms. The molecule has 2 rings (SSSR count).